The van der Waals surface area contributed by atoms with E-state index in [-0.39, 0.29) is 12.8 Å². The van der Waals surface area contributed by atoms with Crippen LogP contribution in [0.25, 0.3) is 0 Å². The third-order valence-electron chi connectivity index (χ3n) is 3.01. The van der Waals surface area contributed by atoms with Crippen LogP contribution in [0.1, 0.15) is 39.5 Å². The second kappa shape index (κ2) is 5.59. The Morgan fingerprint density at radius 2 is 1.87 bits per heavy atom. The van der Waals surface area contributed by atoms with Gasteiger partial charge in [-0.05, 0) is 12.8 Å². The monoisotopic (exact) mass is 217 g/mol. The minimum Gasteiger partial charge on any atom is -0.297 e. The maximum atomic E-state index is 13.0. The summed E-state index contributed by atoms with van der Waals surface area (Å²) in [4.78, 5) is 2.17. The zero-order valence-electron chi connectivity index (χ0n) is 9.68. The molecule has 1 atom stereocenters. The van der Waals surface area contributed by atoms with Crippen molar-refractivity contribution in [3.63, 3.8) is 0 Å². The van der Waals surface area contributed by atoms with Crippen LogP contribution in [0.5, 0.6) is 0 Å². The summed E-state index contributed by atoms with van der Waals surface area (Å²) < 4.78 is 25.9. The Morgan fingerprint density at radius 3 is 2.33 bits per heavy atom. The van der Waals surface area contributed by atoms with E-state index in [0.29, 0.717) is 19.1 Å². The van der Waals surface area contributed by atoms with Crippen LogP contribution in [0.3, 0.4) is 0 Å². The molecule has 1 aliphatic rings. The van der Waals surface area contributed by atoms with Crippen molar-refractivity contribution in [2.45, 2.75) is 51.5 Å². The van der Waals surface area contributed by atoms with Crippen molar-refractivity contribution in [3.05, 3.63) is 12.2 Å². The summed E-state index contributed by atoms with van der Waals surface area (Å²) in [5.41, 5.74) is 0. The van der Waals surface area contributed by atoms with Crippen LogP contribution in [-0.4, -0.2) is 30.0 Å². The molecule has 0 amide bonds. The highest BCUT2D eigenvalue weighted by atomic mass is 19.3. The fourth-order valence-corrected chi connectivity index (χ4v) is 1.99. The fourth-order valence-electron chi connectivity index (χ4n) is 1.99. The van der Waals surface area contributed by atoms with Gasteiger partial charge in [0.25, 0.3) is 5.92 Å². The smallest absolute Gasteiger partial charge is 0.250 e. The number of alkyl halides is 2. The number of rotatable bonds is 4. The molecule has 3 heteroatoms. The average Bonchev–Trinajstić information content (AvgIpc) is 2.21. The largest absolute Gasteiger partial charge is 0.297 e. The molecule has 1 nitrogen and oxygen atoms in total. The van der Waals surface area contributed by atoms with E-state index in [2.05, 4.69) is 30.9 Å². The average molecular weight is 217 g/mol. The molecule has 1 fully saturated rings. The summed E-state index contributed by atoms with van der Waals surface area (Å²) in [6.45, 7) is 5.25. The molecule has 0 radical (unpaired) electrons. The van der Waals surface area contributed by atoms with E-state index >= 15 is 0 Å². The van der Waals surface area contributed by atoms with E-state index in [9.17, 15) is 8.78 Å². The van der Waals surface area contributed by atoms with Crippen molar-refractivity contribution in [2.75, 3.05) is 13.1 Å². The van der Waals surface area contributed by atoms with Crippen molar-refractivity contribution >= 4 is 0 Å². The lowest BCUT2D eigenvalue weighted by molar-refractivity contribution is -0.0598. The van der Waals surface area contributed by atoms with Crippen molar-refractivity contribution in [2.24, 2.45) is 0 Å². The summed E-state index contributed by atoms with van der Waals surface area (Å²) in [7, 11) is 0. The number of halogens is 2. The zero-order chi connectivity index (χ0) is 11.3. The molecule has 1 rings (SSSR count). The highest BCUT2D eigenvalue weighted by molar-refractivity contribution is 4.95. The zero-order valence-corrected chi connectivity index (χ0v) is 9.68. The third-order valence-corrected chi connectivity index (χ3v) is 3.01. The Hall–Kier alpha value is -0.440. The maximum Gasteiger partial charge on any atom is 0.250 e. The molecule has 1 heterocycles. The van der Waals surface area contributed by atoms with E-state index in [1.54, 1.807) is 0 Å². The van der Waals surface area contributed by atoms with Gasteiger partial charge < -0.3 is 0 Å². The van der Waals surface area contributed by atoms with E-state index in [4.69, 9.17) is 0 Å². The van der Waals surface area contributed by atoms with Crippen LogP contribution in [0, 0.1) is 0 Å². The third kappa shape index (κ3) is 3.90. The van der Waals surface area contributed by atoms with Gasteiger partial charge in [0.2, 0.25) is 0 Å². The number of hydrogen-bond acceptors (Lipinski definition) is 1. The van der Waals surface area contributed by atoms with E-state index in [1.807, 2.05) is 0 Å². The minimum atomic E-state index is -2.43. The van der Waals surface area contributed by atoms with Gasteiger partial charge in [-0.3, -0.25) is 4.90 Å². The maximum absolute atomic E-state index is 13.0. The predicted molar refractivity (Wildman–Crippen MR) is 59.3 cm³/mol. The van der Waals surface area contributed by atoms with Gasteiger partial charge in [0, 0.05) is 32.0 Å². The van der Waals surface area contributed by atoms with Crippen LogP contribution < -0.4 is 0 Å². The first kappa shape index (κ1) is 12.6. The van der Waals surface area contributed by atoms with Gasteiger partial charge in [0.05, 0.1) is 0 Å². The second-order valence-corrected chi connectivity index (χ2v) is 4.20. The SMILES string of the molecule is CC/C=C\C(CC)N1CCC(F)(F)CC1. The molecule has 15 heavy (non-hydrogen) atoms. The molecule has 0 aromatic rings. The lowest BCUT2D eigenvalue weighted by Gasteiger charge is -2.35. The van der Waals surface area contributed by atoms with Gasteiger partial charge in [-0.25, -0.2) is 8.78 Å². The summed E-state index contributed by atoms with van der Waals surface area (Å²) >= 11 is 0. The van der Waals surface area contributed by atoms with E-state index < -0.39 is 5.92 Å². The number of nitrogens with zero attached hydrogens (tertiary/aromatic N) is 1. The summed E-state index contributed by atoms with van der Waals surface area (Å²) in [6.07, 6.45) is 6.33. The number of piperidine rings is 1. The molecule has 1 aliphatic heterocycles. The lowest BCUT2D eigenvalue weighted by Crippen LogP contribution is -2.44. The van der Waals surface area contributed by atoms with Gasteiger partial charge in [-0.1, -0.05) is 26.0 Å². The van der Waals surface area contributed by atoms with Crippen LogP contribution in [0.15, 0.2) is 12.2 Å². The minimum absolute atomic E-state index is 0.0173. The standard InChI is InChI=1S/C12H21F2N/c1-3-5-6-11(4-2)15-9-7-12(13,14)8-10-15/h5-6,11H,3-4,7-10H2,1-2H3/b6-5-. The highest BCUT2D eigenvalue weighted by Gasteiger charge is 2.35. The topological polar surface area (TPSA) is 3.24 Å². The second-order valence-electron chi connectivity index (χ2n) is 4.20. The lowest BCUT2D eigenvalue weighted by atomic mass is 10.0. The number of hydrogen-bond donors (Lipinski definition) is 0. The van der Waals surface area contributed by atoms with Crippen molar-refractivity contribution in [1.29, 1.82) is 0 Å². The summed E-state index contributed by atoms with van der Waals surface area (Å²) in [5, 5.41) is 0. The van der Waals surface area contributed by atoms with E-state index in [0.717, 1.165) is 12.8 Å². The molecule has 0 aromatic carbocycles. The normalized spacial score (nSPS) is 24.5. The molecule has 0 N–H and O–H groups in total. The molecule has 0 aromatic heterocycles. The Labute approximate surface area is 91.1 Å². The fraction of sp³-hybridized carbons (Fsp3) is 0.833. The molecule has 0 spiro atoms. The Bertz CT molecular complexity index is 204. The quantitative estimate of drug-likeness (QED) is 0.652. The van der Waals surface area contributed by atoms with Crippen molar-refractivity contribution in [3.8, 4) is 0 Å². The Morgan fingerprint density at radius 1 is 1.27 bits per heavy atom. The molecular formula is C12H21F2N. The molecular weight excluding hydrogens is 196 g/mol. The number of likely N-dealkylation sites (tertiary alicyclic amines) is 1. The summed E-state index contributed by atoms with van der Waals surface area (Å²) in [6, 6.07) is 0.348. The molecule has 0 bridgehead atoms. The van der Waals surface area contributed by atoms with Crippen LogP contribution in [-0.2, 0) is 0 Å². The molecule has 0 saturated carbocycles. The van der Waals surface area contributed by atoms with Gasteiger partial charge in [0.15, 0.2) is 0 Å². The summed E-state index contributed by atoms with van der Waals surface area (Å²) in [5.74, 6) is -2.43. The van der Waals surface area contributed by atoms with E-state index in [1.165, 1.54) is 0 Å². The number of allylic oxidation sites excluding steroid dienone is 1. The highest BCUT2D eigenvalue weighted by Crippen LogP contribution is 2.29. The first-order valence-electron chi connectivity index (χ1n) is 5.87. The Balaban J connectivity index is 2.46. The molecule has 1 saturated heterocycles. The molecule has 1 unspecified atom stereocenters. The van der Waals surface area contributed by atoms with Crippen molar-refractivity contribution in [1.82, 2.24) is 4.90 Å². The van der Waals surface area contributed by atoms with Crippen LogP contribution in [0.4, 0.5) is 8.78 Å². The Kier molecular flexibility index (Phi) is 4.71. The van der Waals surface area contributed by atoms with Gasteiger partial charge >= 0.3 is 0 Å². The van der Waals surface area contributed by atoms with Gasteiger partial charge in [-0.15, -0.1) is 0 Å². The van der Waals surface area contributed by atoms with Gasteiger partial charge in [-0.2, -0.15) is 0 Å². The predicted octanol–water partition coefficient (Wildman–Crippen LogP) is 3.46. The first-order chi connectivity index (χ1) is 7.09. The van der Waals surface area contributed by atoms with Crippen LogP contribution in [0.2, 0.25) is 0 Å². The van der Waals surface area contributed by atoms with Crippen molar-refractivity contribution < 1.29 is 8.78 Å². The molecule has 0 aliphatic carbocycles. The first-order valence-corrected chi connectivity index (χ1v) is 5.87. The molecule has 88 valence electrons. The van der Waals surface area contributed by atoms with Gasteiger partial charge in [0.1, 0.15) is 0 Å². The van der Waals surface area contributed by atoms with Crippen LogP contribution >= 0.6 is 0 Å².